The highest BCUT2D eigenvalue weighted by Gasteiger charge is 2.31. The van der Waals surface area contributed by atoms with E-state index in [-0.39, 0.29) is 29.4 Å². The number of anilines is 3. The van der Waals surface area contributed by atoms with Gasteiger partial charge in [-0.15, -0.1) is 18.3 Å². The molecule has 0 atom stereocenters. The van der Waals surface area contributed by atoms with Gasteiger partial charge in [-0.3, -0.25) is 9.59 Å². The Morgan fingerprint density at radius 2 is 1.71 bits per heavy atom. The second-order valence-corrected chi connectivity index (χ2v) is 8.08. The number of carbonyl (C=O) groups is 2. The first-order valence-corrected chi connectivity index (χ1v) is 10.8. The Bertz CT molecular complexity index is 1190. The van der Waals surface area contributed by atoms with Gasteiger partial charge in [0.1, 0.15) is 5.75 Å². The summed E-state index contributed by atoms with van der Waals surface area (Å²) in [5.41, 5.74) is 1.77. The molecule has 9 nitrogen and oxygen atoms in total. The number of amides is 1. The number of nitrogens with one attached hydrogen (secondary N) is 2. The predicted octanol–water partition coefficient (Wildman–Crippen LogP) is 5.32. The zero-order valence-electron chi connectivity index (χ0n) is 18.2. The van der Waals surface area contributed by atoms with Crippen LogP contribution in [-0.4, -0.2) is 33.5 Å². The maximum absolute atomic E-state index is 12.4. The molecule has 1 saturated carbocycles. The fourth-order valence-corrected chi connectivity index (χ4v) is 3.96. The van der Waals surface area contributed by atoms with Gasteiger partial charge in [-0.1, -0.05) is 23.3 Å². The highest BCUT2D eigenvalue weighted by Crippen LogP contribution is 2.36. The minimum atomic E-state index is -4.83. The van der Waals surface area contributed by atoms with Crippen molar-refractivity contribution in [1.82, 2.24) is 10.2 Å². The normalized spacial score (nSPS) is 18.0. The lowest BCUT2D eigenvalue weighted by Gasteiger charge is -2.26. The zero-order valence-corrected chi connectivity index (χ0v) is 18.2. The molecule has 1 aliphatic carbocycles. The van der Waals surface area contributed by atoms with Gasteiger partial charge in [-0.05, 0) is 61.4 Å². The molecule has 0 bridgehead atoms. The van der Waals surface area contributed by atoms with Crippen LogP contribution < -0.4 is 15.4 Å². The van der Waals surface area contributed by atoms with Crippen LogP contribution in [-0.2, 0) is 4.79 Å². The van der Waals surface area contributed by atoms with Gasteiger partial charge >= 0.3 is 30.1 Å². The van der Waals surface area contributed by atoms with E-state index in [1.807, 2.05) is 12.1 Å². The first kappa shape index (κ1) is 24.0. The van der Waals surface area contributed by atoms with Crippen LogP contribution >= 0.6 is 0 Å². The van der Waals surface area contributed by atoms with Crippen LogP contribution in [0.25, 0.3) is 0 Å². The summed E-state index contributed by atoms with van der Waals surface area (Å²) in [6, 6.07) is 12.1. The number of aliphatic carboxylic acids is 1. The number of benzene rings is 2. The van der Waals surface area contributed by atoms with Crippen molar-refractivity contribution >= 4 is 29.3 Å². The van der Waals surface area contributed by atoms with Crippen molar-refractivity contribution in [2.75, 3.05) is 10.6 Å². The lowest BCUT2D eigenvalue weighted by molar-refractivity contribution is -0.274. The van der Waals surface area contributed by atoms with Gasteiger partial charge in [0.05, 0.1) is 5.92 Å². The number of carboxylic acid groups (broad SMARTS) is 1. The average Bonchev–Trinajstić information content (AvgIpc) is 3.27. The molecule has 35 heavy (non-hydrogen) atoms. The second-order valence-electron chi connectivity index (χ2n) is 8.08. The molecule has 0 unspecified atom stereocenters. The van der Waals surface area contributed by atoms with E-state index in [1.165, 1.54) is 12.1 Å². The molecule has 1 fully saturated rings. The number of alkyl halides is 3. The molecule has 0 radical (unpaired) electrons. The Labute approximate surface area is 197 Å². The fraction of sp³-hybridized carbons (Fsp3) is 0.304. The van der Waals surface area contributed by atoms with E-state index in [0.717, 1.165) is 30.5 Å². The number of aromatic nitrogens is 2. The Morgan fingerprint density at radius 3 is 2.37 bits per heavy atom. The number of hydrogen-bond donors (Lipinski definition) is 3. The van der Waals surface area contributed by atoms with Crippen LogP contribution in [0.5, 0.6) is 5.75 Å². The summed E-state index contributed by atoms with van der Waals surface area (Å²) in [7, 11) is 0. The van der Waals surface area contributed by atoms with Crippen molar-refractivity contribution in [2.24, 2.45) is 5.92 Å². The lowest BCUT2D eigenvalue weighted by atomic mass is 9.79. The van der Waals surface area contributed by atoms with E-state index in [9.17, 15) is 22.8 Å². The molecule has 2 aromatic carbocycles. The van der Waals surface area contributed by atoms with E-state index in [2.05, 4.69) is 25.6 Å². The molecular formula is C23H21F3N4O5. The molecule has 1 aliphatic rings. The maximum Gasteiger partial charge on any atom is 0.573 e. The van der Waals surface area contributed by atoms with Gasteiger partial charge in [0.25, 0.3) is 0 Å². The summed E-state index contributed by atoms with van der Waals surface area (Å²) < 4.78 is 46.3. The van der Waals surface area contributed by atoms with Crippen LogP contribution in [0.15, 0.2) is 52.9 Å². The molecule has 0 spiro atoms. The van der Waals surface area contributed by atoms with Crippen molar-refractivity contribution in [3.05, 3.63) is 60.0 Å². The lowest BCUT2D eigenvalue weighted by Crippen LogP contribution is -2.20. The summed E-state index contributed by atoms with van der Waals surface area (Å²) in [6.45, 7) is 0. The Balaban J connectivity index is 1.33. The number of ether oxygens (including phenoxy) is 1. The topological polar surface area (TPSA) is 127 Å². The summed E-state index contributed by atoms with van der Waals surface area (Å²) in [4.78, 5) is 23.6. The van der Waals surface area contributed by atoms with Crippen molar-refractivity contribution in [3.8, 4) is 5.75 Å². The molecule has 3 aromatic rings. The maximum atomic E-state index is 12.4. The number of carbonyl (C=O) groups excluding carboxylic acids is 1. The van der Waals surface area contributed by atoms with Crippen molar-refractivity contribution < 1.29 is 37.0 Å². The number of carboxylic acids is 1. The number of hydrogen-bond acceptors (Lipinski definition) is 7. The third-order valence-corrected chi connectivity index (χ3v) is 5.65. The van der Waals surface area contributed by atoms with Crippen LogP contribution in [0.3, 0.4) is 0 Å². The smallest absolute Gasteiger partial charge is 0.481 e. The van der Waals surface area contributed by atoms with Gasteiger partial charge in [-0.25, -0.2) is 0 Å². The molecule has 184 valence electrons. The Hall–Kier alpha value is -4.09. The summed E-state index contributed by atoms with van der Waals surface area (Å²) in [6.07, 6.45) is -1.94. The predicted molar refractivity (Wildman–Crippen MR) is 117 cm³/mol. The van der Waals surface area contributed by atoms with E-state index in [0.29, 0.717) is 18.5 Å². The number of rotatable bonds is 7. The molecule has 4 rings (SSSR count). The van der Waals surface area contributed by atoms with Gasteiger partial charge in [0.2, 0.25) is 0 Å². The Morgan fingerprint density at radius 1 is 1.00 bits per heavy atom. The first-order valence-electron chi connectivity index (χ1n) is 10.8. The standard InChI is InChI=1S/C23H21F3N4O5/c24-23(25,26)35-18-3-1-2-17(12-18)28-22-30-29-20(34-22)19(31)27-16-10-8-14(9-11-16)13-4-6-15(7-5-13)21(32)33/h1-3,8-13,15H,4-7H2,(H,27,31)(H,28,30)(H,32,33)/t13-,15-. The highest BCUT2D eigenvalue weighted by atomic mass is 19.4. The monoisotopic (exact) mass is 490 g/mol. The third-order valence-electron chi connectivity index (χ3n) is 5.65. The Kier molecular flexibility index (Phi) is 6.90. The summed E-state index contributed by atoms with van der Waals surface area (Å²) in [5.74, 6) is -2.18. The third kappa shape index (κ3) is 6.49. The number of halogens is 3. The van der Waals surface area contributed by atoms with Crippen molar-refractivity contribution in [1.29, 1.82) is 0 Å². The molecule has 12 heteroatoms. The quantitative estimate of drug-likeness (QED) is 0.406. The molecule has 0 aliphatic heterocycles. The van der Waals surface area contributed by atoms with Crippen LogP contribution in [0.2, 0.25) is 0 Å². The average molecular weight is 490 g/mol. The van der Waals surface area contributed by atoms with Crippen LogP contribution in [0.4, 0.5) is 30.6 Å². The van der Waals surface area contributed by atoms with E-state index in [4.69, 9.17) is 9.52 Å². The van der Waals surface area contributed by atoms with Gasteiger partial charge in [0, 0.05) is 17.4 Å². The van der Waals surface area contributed by atoms with Gasteiger partial charge in [-0.2, -0.15) is 0 Å². The van der Waals surface area contributed by atoms with Crippen LogP contribution in [0.1, 0.15) is 47.8 Å². The summed E-state index contributed by atoms with van der Waals surface area (Å²) in [5, 5.41) is 21.7. The second kappa shape index (κ2) is 10.0. The molecule has 0 saturated heterocycles. The first-order chi connectivity index (χ1) is 16.7. The molecular weight excluding hydrogens is 469 g/mol. The summed E-state index contributed by atoms with van der Waals surface area (Å²) >= 11 is 0. The minimum Gasteiger partial charge on any atom is -0.481 e. The van der Waals surface area contributed by atoms with Crippen LogP contribution in [0, 0.1) is 5.92 Å². The fourth-order valence-electron chi connectivity index (χ4n) is 3.96. The molecule has 1 amide bonds. The highest BCUT2D eigenvalue weighted by molar-refractivity contribution is 6.00. The van der Waals surface area contributed by atoms with Crippen molar-refractivity contribution in [2.45, 2.75) is 38.0 Å². The molecule has 3 N–H and O–H groups in total. The number of nitrogens with zero attached hydrogens (tertiary/aromatic N) is 2. The van der Waals surface area contributed by atoms with Gasteiger partial charge < -0.3 is 24.9 Å². The molecule has 1 aromatic heterocycles. The zero-order chi connectivity index (χ0) is 25.0. The largest absolute Gasteiger partial charge is 0.573 e. The van der Waals surface area contributed by atoms with E-state index >= 15 is 0 Å². The van der Waals surface area contributed by atoms with Crippen molar-refractivity contribution in [3.63, 3.8) is 0 Å². The van der Waals surface area contributed by atoms with E-state index in [1.54, 1.807) is 12.1 Å². The van der Waals surface area contributed by atoms with Gasteiger partial charge in [0.15, 0.2) is 0 Å². The molecule has 1 heterocycles. The SMILES string of the molecule is O=C(Nc1ccc([C@H]2CC[C@H](C(=O)O)CC2)cc1)c1nnc(Nc2cccc(OC(F)(F)F)c2)o1. The van der Waals surface area contributed by atoms with E-state index < -0.39 is 24.0 Å². The minimum absolute atomic E-state index is 0.188.